The largest absolute Gasteiger partial charge is 0.493 e. The fourth-order valence-corrected chi connectivity index (χ4v) is 4.73. The summed E-state index contributed by atoms with van der Waals surface area (Å²) in [4.78, 5) is 19.2. The molecular formula is C25H31N3O3. The molecule has 1 saturated carbocycles. The van der Waals surface area contributed by atoms with E-state index in [1.54, 1.807) is 6.20 Å². The number of benzene rings is 1. The van der Waals surface area contributed by atoms with Gasteiger partial charge >= 0.3 is 5.97 Å². The lowest BCUT2D eigenvalue weighted by Gasteiger charge is -2.29. The summed E-state index contributed by atoms with van der Waals surface area (Å²) in [5.74, 6) is 1.49. The highest BCUT2D eigenvalue weighted by molar-refractivity contribution is 5.85. The van der Waals surface area contributed by atoms with Crippen LogP contribution in [0.15, 0.2) is 48.8 Å². The van der Waals surface area contributed by atoms with Crippen LogP contribution < -0.4 is 10.1 Å². The number of aliphatic carboxylic acids is 1. The molecule has 0 radical (unpaired) electrons. The molecule has 1 aliphatic carbocycles. The Balaban J connectivity index is 1.38. The zero-order valence-electron chi connectivity index (χ0n) is 17.8. The second kappa shape index (κ2) is 10.3. The lowest BCUT2D eigenvalue weighted by atomic mass is 9.75. The van der Waals surface area contributed by atoms with Crippen LogP contribution in [0.3, 0.4) is 0 Å². The van der Waals surface area contributed by atoms with E-state index in [9.17, 15) is 9.90 Å². The van der Waals surface area contributed by atoms with Crippen molar-refractivity contribution in [2.45, 2.75) is 50.9 Å². The number of aromatic nitrogens is 2. The molecule has 1 atom stereocenters. The minimum atomic E-state index is -0.718. The van der Waals surface area contributed by atoms with Crippen molar-refractivity contribution in [3.63, 3.8) is 0 Å². The smallest absolute Gasteiger partial charge is 0.303 e. The summed E-state index contributed by atoms with van der Waals surface area (Å²) < 4.78 is 5.93. The number of carboxylic acid groups (broad SMARTS) is 1. The van der Waals surface area contributed by atoms with Gasteiger partial charge in [0.05, 0.1) is 13.0 Å². The van der Waals surface area contributed by atoms with E-state index in [1.165, 1.54) is 19.3 Å². The van der Waals surface area contributed by atoms with Crippen molar-refractivity contribution in [3.8, 4) is 5.75 Å². The van der Waals surface area contributed by atoms with E-state index in [2.05, 4.69) is 21.4 Å². The Morgan fingerprint density at radius 3 is 2.87 bits per heavy atom. The average Bonchev–Trinajstić information content (AvgIpc) is 3.21. The van der Waals surface area contributed by atoms with Gasteiger partial charge in [-0.15, -0.1) is 0 Å². The molecule has 2 aromatic heterocycles. The first-order valence-electron chi connectivity index (χ1n) is 11.3. The molecule has 3 aromatic rings. The van der Waals surface area contributed by atoms with Crippen LogP contribution in [0.4, 0.5) is 5.82 Å². The SMILES string of the molecule is O=C(O)CC(c1c[nH]c2cc(OCCCNc3ccccn3)ccc12)C1CCCCC1. The Labute approximate surface area is 183 Å². The summed E-state index contributed by atoms with van der Waals surface area (Å²) in [6.07, 6.45) is 10.8. The minimum absolute atomic E-state index is 0.0657. The van der Waals surface area contributed by atoms with Crippen molar-refractivity contribution in [2.24, 2.45) is 5.92 Å². The van der Waals surface area contributed by atoms with Crippen LogP contribution in [0.1, 0.15) is 56.4 Å². The third-order valence-corrected chi connectivity index (χ3v) is 6.26. The predicted octanol–water partition coefficient (Wildman–Crippen LogP) is 5.58. The lowest BCUT2D eigenvalue weighted by Crippen LogP contribution is -2.19. The quantitative estimate of drug-likeness (QED) is 0.372. The van der Waals surface area contributed by atoms with Crippen molar-refractivity contribution >= 4 is 22.7 Å². The number of ether oxygens (including phenoxy) is 1. The van der Waals surface area contributed by atoms with E-state index >= 15 is 0 Å². The number of carboxylic acids is 1. The molecule has 6 nitrogen and oxygen atoms in total. The number of H-pyrrole nitrogens is 1. The van der Waals surface area contributed by atoms with Gasteiger partial charge in [0.25, 0.3) is 0 Å². The molecule has 4 rings (SSSR count). The highest BCUT2D eigenvalue weighted by Gasteiger charge is 2.29. The fourth-order valence-electron chi connectivity index (χ4n) is 4.73. The normalized spacial score (nSPS) is 15.6. The zero-order chi connectivity index (χ0) is 21.5. The predicted molar refractivity (Wildman–Crippen MR) is 123 cm³/mol. The van der Waals surface area contributed by atoms with Gasteiger partial charge in [-0.05, 0) is 60.9 Å². The molecule has 0 spiro atoms. The Bertz CT molecular complexity index is 980. The van der Waals surface area contributed by atoms with E-state index in [1.807, 2.05) is 36.5 Å². The highest BCUT2D eigenvalue weighted by Crippen LogP contribution is 2.41. The number of rotatable bonds is 10. The second-order valence-corrected chi connectivity index (χ2v) is 8.40. The summed E-state index contributed by atoms with van der Waals surface area (Å²) in [7, 11) is 0. The molecule has 1 aliphatic rings. The molecule has 0 aliphatic heterocycles. The fraction of sp³-hybridized carbons (Fsp3) is 0.440. The van der Waals surface area contributed by atoms with Crippen molar-refractivity contribution in [3.05, 3.63) is 54.4 Å². The molecule has 164 valence electrons. The van der Waals surface area contributed by atoms with E-state index in [0.717, 1.165) is 53.8 Å². The number of anilines is 1. The molecule has 31 heavy (non-hydrogen) atoms. The molecule has 0 bridgehead atoms. The van der Waals surface area contributed by atoms with Crippen LogP contribution >= 0.6 is 0 Å². The first kappa shape index (κ1) is 21.2. The van der Waals surface area contributed by atoms with Crippen LogP contribution in [0.25, 0.3) is 10.9 Å². The molecule has 1 unspecified atom stereocenters. The molecule has 1 aromatic carbocycles. The van der Waals surface area contributed by atoms with Gasteiger partial charge in [-0.25, -0.2) is 4.98 Å². The molecule has 0 amide bonds. The van der Waals surface area contributed by atoms with E-state index < -0.39 is 5.97 Å². The van der Waals surface area contributed by atoms with Gasteiger partial charge in [0, 0.05) is 35.9 Å². The van der Waals surface area contributed by atoms with E-state index in [0.29, 0.717) is 12.5 Å². The van der Waals surface area contributed by atoms with Crippen molar-refractivity contribution < 1.29 is 14.6 Å². The molecule has 0 saturated heterocycles. The number of fused-ring (bicyclic) bond motifs is 1. The van der Waals surface area contributed by atoms with E-state index in [4.69, 9.17) is 4.74 Å². The molecule has 3 N–H and O–H groups in total. The Hall–Kier alpha value is -3.02. The monoisotopic (exact) mass is 421 g/mol. The number of aromatic amines is 1. The third kappa shape index (κ3) is 5.57. The molecule has 1 fully saturated rings. The summed E-state index contributed by atoms with van der Waals surface area (Å²) >= 11 is 0. The number of nitrogens with zero attached hydrogens (tertiary/aromatic N) is 1. The Morgan fingerprint density at radius 2 is 2.10 bits per heavy atom. The number of nitrogens with one attached hydrogen (secondary N) is 2. The first-order chi connectivity index (χ1) is 15.2. The first-order valence-corrected chi connectivity index (χ1v) is 11.3. The Morgan fingerprint density at radius 1 is 1.23 bits per heavy atom. The number of pyridine rings is 1. The average molecular weight is 422 g/mol. The standard InChI is InChI=1S/C25H31N3O3/c29-25(30)16-21(18-7-2-1-3-8-18)22-17-28-23-15-19(10-11-20(22)23)31-14-6-13-27-24-9-4-5-12-26-24/h4-5,9-12,15,17-18,21,28H,1-3,6-8,13-14,16H2,(H,26,27)(H,29,30). The third-order valence-electron chi connectivity index (χ3n) is 6.26. The minimum Gasteiger partial charge on any atom is -0.493 e. The molecule has 6 heteroatoms. The summed E-state index contributed by atoms with van der Waals surface area (Å²) in [6.45, 7) is 1.41. The van der Waals surface area contributed by atoms with Crippen LogP contribution in [0.5, 0.6) is 5.75 Å². The van der Waals surface area contributed by atoms with Crippen LogP contribution in [-0.4, -0.2) is 34.2 Å². The van der Waals surface area contributed by atoms with Gasteiger partial charge in [0.15, 0.2) is 0 Å². The van der Waals surface area contributed by atoms with Crippen LogP contribution in [0, 0.1) is 5.92 Å². The molecular weight excluding hydrogens is 390 g/mol. The van der Waals surface area contributed by atoms with Crippen molar-refractivity contribution in [2.75, 3.05) is 18.5 Å². The van der Waals surface area contributed by atoms with Gasteiger partial charge in [0.1, 0.15) is 11.6 Å². The van der Waals surface area contributed by atoms with Gasteiger partial charge in [-0.1, -0.05) is 25.3 Å². The van der Waals surface area contributed by atoms with Gasteiger partial charge in [0.2, 0.25) is 0 Å². The van der Waals surface area contributed by atoms with Crippen molar-refractivity contribution in [1.82, 2.24) is 9.97 Å². The highest BCUT2D eigenvalue weighted by atomic mass is 16.5. The van der Waals surface area contributed by atoms with Gasteiger partial charge < -0.3 is 20.1 Å². The van der Waals surface area contributed by atoms with Gasteiger partial charge in [-0.3, -0.25) is 4.79 Å². The van der Waals surface area contributed by atoms with Crippen LogP contribution in [-0.2, 0) is 4.79 Å². The summed E-state index contributed by atoms with van der Waals surface area (Å²) in [5, 5.41) is 13.9. The second-order valence-electron chi connectivity index (χ2n) is 8.40. The van der Waals surface area contributed by atoms with Gasteiger partial charge in [-0.2, -0.15) is 0 Å². The summed E-state index contributed by atoms with van der Waals surface area (Å²) in [6, 6.07) is 11.9. The maximum atomic E-state index is 11.6. The number of hydrogen-bond donors (Lipinski definition) is 3. The zero-order valence-corrected chi connectivity index (χ0v) is 17.8. The number of hydrogen-bond acceptors (Lipinski definition) is 4. The topological polar surface area (TPSA) is 87.2 Å². The summed E-state index contributed by atoms with van der Waals surface area (Å²) in [5.41, 5.74) is 2.14. The maximum Gasteiger partial charge on any atom is 0.303 e. The lowest BCUT2D eigenvalue weighted by molar-refractivity contribution is -0.137. The van der Waals surface area contributed by atoms with Crippen molar-refractivity contribution in [1.29, 1.82) is 0 Å². The molecule has 2 heterocycles. The maximum absolute atomic E-state index is 11.6. The Kier molecular flexibility index (Phi) is 7.07. The number of carbonyl (C=O) groups is 1. The van der Waals surface area contributed by atoms with E-state index in [-0.39, 0.29) is 12.3 Å². The van der Waals surface area contributed by atoms with Crippen LogP contribution in [0.2, 0.25) is 0 Å².